The second kappa shape index (κ2) is 6.28. The standard InChI is InChI=1S/C19H17FN2O2/c1-12-3-4-14-10-15(18(23)21-17(14)9-12)11-22(2)19(24)13-5-7-16(20)8-6-13/h3-10H,11H2,1-2H3,(H,21,23). The highest BCUT2D eigenvalue weighted by Gasteiger charge is 2.14. The molecule has 1 N–H and O–H groups in total. The van der Waals surface area contributed by atoms with Crippen LogP contribution in [0.25, 0.3) is 10.9 Å². The average Bonchev–Trinajstić information content (AvgIpc) is 2.55. The van der Waals surface area contributed by atoms with Gasteiger partial charge in [-0.25, -0.2) is 4.39 Å². The maximum absolute atomic E-state index is 13.0. The number of hydrogen-bond donors (Lipinski definition) is 1. The smallest absolute Gasteiger partial charge is 0.253 e. The molecule has 3 aromatic rings. The van der Waals surface area contributed by atoms with Crippen molar-refractivity contribution in [1.82, 2.24) is 9.88 Å². The predicted octanol–water partition coefficient (Wildman–Crippen LogP) is 3.25. The molecule has 1 aromatic heterocycles. The Balaban J connectivity index is 1.87. The van der Waals surface area contributed by atoms with Crippen LogP contribution in [0.5, 0.6) is 0 Å². The first-order valence-electron chi connectivity index (χ1n) is 7.57. The Kier molecular flexibility index (Phi) is 4.16. The van der Waals surface area contributed by atoms with Gasteiger partial charge in [0.25, 0.3) is 11.5 Å². The van der Waals surface area contributed by atoms with Gasteiger partial charge >= 0.3 is 0 Å². The van der Waals surface area contributed by atoms with Crippen molar-refractivity contribution in [3.05, 3.63) is 81.4 Å². The van der Waals surface area contributed by atoms with Crippen molar-refractivity contribution in [1.29, 1.82) is 0 Å². The van der Waals surface area contributed by atoms with E-state index in [-0.39, 0.29) is 18.0 Å². The summed E-state index contributed by atoms with van der Waals surface area (Å²) in [6.07, 6.45) is 0. The number of nitrogens with zero attached hydrogens (tertiary/aromatic N) is 1. The lowest BCUT2D eigenvalue weighted by Gasteiger charge is -2.17. The molecule has 0 saturated carbocycles. The minimum absolute atomic E-state index is 0.176. The number of hydrogen-bond acceptors (Lipinski definition) is 2. The zero-order valence-corrected chi connectivity index (χ0v) is 13.5. The zero-order chi connectivity index (χ0) is 17.3. The third-order valence-electron chi connectivity index (χ3n) is 3.92. The molecule has 0 atom stereocenters. The number of carbonyl (C=O) groups excluding carboxylic acids is 1. The van der Waals surface area contributed by atoms with Gasteiger partial charge in [0, 0.05) is 23.7 Å². The van der Waals surface area contributed by atoms with Gasteiger partial charge < -0.3 is 9.88 Å². The molecule has 0 unspecified atom stereocenters. The summed E-state index contributed by atoms with van der Waals surface area (Å²) < 4.78 is 13.0. The zero-order valence-electron chi connectivity index (χ0n) is 13.5. The molecule has 3 rings (SSSR count). The van der Waals surface area contributed by atoms with Crippen LogP contribution in [0.4, 0.5) is 4.39 Å². The lowest BCUT2D eigenvalue weighted by molar-refractivity contribution is 0.0784. The summed E-state index contributed by atoms with van der Waals surface area (Å²) in [5.41, 5.74) is 2.51. The number of halogens is 1. The van der Waals surface area contributed by atoms with Crippen molar-refractivity contribution in [3.8, 4) is 0 Å². The highest BCUT2D eigenvalue weighted by molar-refractivity contribution is 5.94. The fourth-order valence-corrected chi connectivity index (χ4v) is 2.62. The van der Waals surface area contributed by atoms with Gasteiger partial charge in [-0.2, -0.15) is 0 Å². The van der Waals surface area contributed by atoms with Crippen LogP contribution in [0.1, 0.15) is 21.5 Å². The predicted molar refractivity (Wildman–Crippen MR) is 91.5 cm³/mol. The van der Waals surface area contributed by atoms with Gasteiger partial charge in [0.2, 0.25) is 0 Å². The Labute approximate surface area is 138 Å². The summed E-state index contributed by atoms with van der Waals surface area (Å²) >= 11 is 0. The molecule has 1 amide bonds. The van der Waals surface area contributed by atoms with Crippen LogP contribution in [0.2, 0.25) is 0 Å². The van der Waals surface area contributed by atoms with Crippen LogP contribution in [0.15, 0.2) is 53.3 Å². The number of aromatic nitrogens is 1. The van der Waals surface area contributed by atoms with Crippen LogP contribution in [0.3, 0.4) is 0 Å². The third-order valence-corrected chi connectivity index (χ3v) is 3.92. The van der Waals surface area contributed by atoms with E-state index in [4.69, 9.17) is 0 Å². The van der Waals surface area contributed by atoms with E-state index in [0.717, 1.165) is 16.5 Å². The molecule has 122 valence electrons. The molecule has 2 aromatic carbocycles. The molecular weight excluding hydrogens is 307 g/mol. The number of aromatic amines is 1. The molecule has 0 radical (unpaired) electrons. The summed E-state index contributed by atoms with van der Waals surface area (Å²) in [6, 6.07) is 13.0. The molecule has 5 heteroatoms. The summed E-state index contributed by atoms with van der Waals surface area (Å²) in [4.78, 5) is 28.9. The van der Waals surface area contributed by atoms with Crippen LogP contribution in [-0.4, -0.2) is 22.8 Å². The van der Waals surface area contributed by atoms with E-state index in [1.807, 2.05) is 25.1 Å². The molecule has 0 aliphatic carbocycles. The van der Waals surface area contributed by atoms with E-state index in [0.29, 0.717) is 11.1 Å². The monoisotopic (exact) mass is 324 g/mol. The van der Waals surface area contributed by atoms with Crippen LogP contribution in [0, 0.1) is 12.7 Å². The van der Waals surface area contributed by atoms with E-state index in [9.17, 15) is 14.0 Å². The molecule has 0 fully saturated rings. The Hall–Kier alpha value is -2.95. The summed E-state index contributed by atoms with van der Waals surface area (Å²) in [5, 5.41) is 0.915. The van der Waals surface area contributed by atoms with Gasteiger partial charge in [-0.1, -0.05) is 12.1 Å². The lowest BCUT2D eigenvalue weighted by atomic mass is 10.1. The largest absolute Gasteiger partial charge is 0.337 e. The van der Waals surface area contributed by atoms with E-state index in [1.165, 1.54) is 29.2 Å². The average molecular weight is 324 g/mol. The molecule has 4 nitrogen and oxygen atoms in total. The van der Waals surface area contributed by atoms with E-state index in [2.05, 4.69) is 4.98 Å². The number of aryl methyl sites for hydroxylation is 1. The fraction of sp³-hybridized carbons (Fsp3) is 0.158. The molecule has 24 heavy (non-hydrogen) atoms. The first-order valence-corrected chi connectivity index (χ1v) is 7.57. The summed E-state index contributed by atoms with van der Waals surface area (Å²) in [7, 11) is 1.62. The lowest BCUT2D eigenvalue weighted by Crippen LogP contribution is -2.29. The first kappa shape index (κ1) is 15.9. The molecule has 0 aliphatic rings. The van der Waals surface area contributed by atoms with Crippen molar-refractivity contribution in [2.24, 2.45) is 0 Å². The SMILES string of the molecule is Cc1ccc2cc(CN(C)C(=O)c3ccc(F)cc3)c(=O)[nH]c2c1. The normalized spacial score (nSPS) is 10.8. The number of amides is 1. The van der Waals surface area contributed by atoms with Crippen LogP contribution < -0.4 is 5.56 Å². The Bertz CT molecular complexity index is 961. The number of pyridine rings is 1. The summed E-state index contributed by atoms with van der Waals surface area (Å²) in [6.45, 7) is 2.14. The third kappa shape index (κ3) is 3.20. The molecule has 0 bridgehead atoms. The number of benzene rings is 2. The number of fused-ring (bicyclic) bond motifs is 1. The van der Waals surface area contributed by atoms with E-state index < -0.39 is 5.82 Å². The number of carbonyl (C=O) groups is 1. The number of nitrogens with one attached hydrogen (secondary N) is 1. The molecule has 0 aliphatic heterocycles. The summed E-state index contributed by atoms with van der Waals surface area (Å²) in [5.74, 6) is -0.658. The van der Waals surface area contributed by atoms with Gasteiger partial charge in [-0.15, -0.1) is 0 Å². The number of rotatable bonds is 3. The second-order valence-electron chi connectivity index (χ2n) is 5.88. The van der Waals surface area contributed by atoms with Crippen molar-refractivity contribution < 1.29 is 9.18 Å². The molecule has 0 spiro atoms. The Morgan fingerprint density at radius 3 is 2.54 bits per heavy atom. The first-order chi connectivity index (χ1) is 11.4. The van der Waals surface area contributed by atoms with E-state index >= 15 is 0 Å². The second-order valence-corrected chi connectivity index (χ2v) is 5.88. The Morgan fingerprint density at radius 2 is 1.83 bits per heavy atom. The minimum Gasteiger partial charge on any atom is -0.337 e. The quantitative estimate of drug-likeness (QED) is 0.804. The van der Waals surface area contributed by atoms with Crippen molar-refractivity contribution in [2.75, 3.05) is 7.05 Å². The van der Waals surface area contributed by atoms with Crippen molar-refractivity contribution in [2.45, 2.75) is 13.5 Å². The molecule has 0 saturated heterocycles. The van der Waals surface area contributed by atoms with Crippen LogP contribution in [-0.2, 0) is 6.54 Å². The highest BCUT2D eigenvalue weighted by atomic mass is 19.1. The van der Waals surface area contributed by atoms with Gasteiger partial charge in [0.1, 0.15) is 5.82 Å². The highest BCUT2D eigenvalue weighted by Crippen LogP contribution is 2.14. The van der Waals surface area contributed by atoms with Gasteiger partial charge in [-0.3, -0.25) is 9.59 Å². The molecule has 1 heterocycles. The minimum atomic E-state index is -0.393. The number of H-pyrrole nitrogens is 1. The maximum atomic E-state index is 13.0. The van der Waals surface area contributed by atoms with Gasteiger partial charge in [0.15, 0.2) is 0 Å². The topological polar surface area (TPSA) is 53.2 Å². The van der Waals surface area contributed by atoms with Gasteiger partial charge in [0.05, 0.1) is 6.54 Å². The molecular formula is C19H17FN2O2. The van der Waals surface area contributed by atoms with Gasteiger partial charge in [-0.05, 0) is 54.3 Å². The fourth-order valence-electron chi connectivity index (χ4n) is 2.62. The van der Waals surface area contributed by atoms with E-state index in [1.54, 1.807) is 13.1 Å². The van der Waals surface area contributed by atoms with Crippen molar-refractivity contribution in [3.63, 3.8) is 0 Å². The van der Waals surface area contributed by atoms with Crippen molar-refractivity contribution >= 4 is 16.8 Å². The maximum Gasteiger partial charge on any atom is 0.253 e. The Morgan fingerprint density at radius 1 is 1.12 bits per heavy atom. The van der Waals surface area contributed by atoms with Crippen LogP contribution >= 0.6 is 0 Å².